The van der Waals surface area contributed by atoms with Crippen molar-refractivity contribution in [3.05, 3.63) is 52.7 Å². The molecule has 0 radical (unpaired) electrons. The zero-order chi connectivity index (χ0) is 21.0. The summed E-state index contributed by atoms with van der Waals surface area (Å²) in [6.45, 7) is 0. The number of hydrogen-bond acceptors (Lipinski definition) is 5. The largest absolute Gasteiger partial charge is 0.481 e. The molecule has 0 aromatic carbocycles. The number of carboxylic acids is 2. The molecule has 2 saturated carbocycles. The van der Waals surface area contributed by atoms with Gasteiger partial charge in [0, 0.05) is 6.07 Å². The summed E-state index contributed by atoms with van der Waals surface area (Å²) >= 11 is 0. The zero-order valence-electron chi connectivity index (χ0n) is 16.1. The van der Waals surface area contributed by atoms with Crippen LogP contribution in [0.25, 0.3) is 0 Å². The molecule has 0 spiro atoms. The van der Waals surface area contributed by atoms with Gasteiger partial charge in [-0.3, -0.25) is 0 Å². The maximum Gasteiger partial charge on any atom is 0.337 e. The Morgan fingerprint density at radius 2 is 1.41 bits per heavy atom. The highest BCUT2D eigenvalue weighted by Crippen LogP contribution is 2.34. The minimum Gasteiger partial charge on any atom is -0.481 e. The fourth-order valence-corrected chi connectivity index (χ4v) is 2.96. The molecule has 0 bridgehead atoms. The van der Waals surface area contributed by atoms with Crippen molar-refractivity contribution in [1.29, 1.82) is 0 Å². The van der Waals surface area contributed by atoms with E-state index < -0.39 is 17.9 Å². The van der Waals surface area contributed by atoms with E-state index in [1.165, 1.54) is 26.0 Å². The Hall–Kier alpha value is -3.03. The number of nitrogens with zero attached hydrogens (tertiary/aromatic N) is 2. The summed E-state index contributed by atoms with van der Waals surface area (Å²) in [7, 11) is 1.53. The summed E-state index contributed by atoms with van der Waals surface area (Å²) in [4.78, 5) is 29.5. The van der Waals surface area contributed by atoms with Gasteiger partial charge < -0.3 is 14.9 Å². The Labute approximate surface area is 167 Å². The van der Waals surface area contributed by atoms with Crippen molar-refractivity contribution in [2.45, 2.75) is 38.5 Å². The SMILES string of the molecule is COc1ccc(C(=O)O)c(CC2CC2)n1.O=C(O)c1ccc(F)nc1CC1CC1. The Kier molecular flexibility index (Phi) is 6.41. The Balaban J connectivity index is 0.000000166. The zero-order valence-corrected chi connectivity index (χ0v) is 16.1. The minimum absolute atomic E-state index is 0.123. The molecule has 2 aliphatic rings. The number of aromatic carboxylic acids is 2. The molecule has 8 heteroatoms. The number of ether oxygens (including phenoxy) is 1. The van der Waals surface area contributed by atoms with Crippen LogP contribution in [0.5, 0.6) is 5.88 Å². The van der Waals surface area contributed by atoms with Crippen LogP contribution in [-0.2, 0) is 12.8 Å². The first-order valence-electron chi connectivity index (χ1n) is 9.53. The summed E-state index contributed by atoms with van der Waals surface area (Å²) in [6, 6.07) is 5.51. The number of carboxylic acid groups (broad SMARTS) is 2. The Bertz CT molecular complexity index is 910. The molecule has 2 aromatic rings. The average Bonchev–Trinajstić information content (AvgIpc) is 3.59. The third-order valence-corrected chi connectivity index (χ3v) is 4.92. The highest BCUT2D eigenvalue weighted by molar-refractivity contribution is 5.89. The van der Waals surface area contributed by atoms with Gasteiger partial charge in [0.2, 0.25) is 11.8 Å². The van der Waals surface area contributed by atoms with E-state index in [-0.39, 0.29) is 5.56 Å². The van der Waals surface area contributed by atoms with Gasteiger partial charge in [0.25, 0.3) is 0 Å². The fourth-order valence-electron chi connectivity index (χ4n) is 2.96. The van der Waals surface area contributed by atoms with Crippen LogP contribution in [0.1, 0.15) is 57.8 Å². The Morgan fingerprint density at radius 1 is 0.931 bits per heavy atom. The first-order valence-corrected chi connectivity index (χ1v) is 9.53. The van der Waals surface area contributed by atoms with E-state index in [9.17, 15) is 14.0 Å². The minimum atomic E-state index is -1.03. The quantitative estimate of drug-likeness (QED) is 0.681. The number of hydrogen-bond donors (Lipinski definition) is 2. The molecule has 2 fully saturated rings. The van der Waals surface area contributed by atoms with Gasteiger partial charge in [-0.1, -0.05) is 0 Å². The predicted molar refractivity (Wildman–Crippen MR) is 102 cm³/mol. The average molecular weight is 402 g/mol. The molecule has 2 heterocycles. The third kappa shape index (κ3) is 5.97. The van der Waals surface area contributed by atoms with E-state index >= 15 is 0 Å². The highest BCUT2D eigenvalue weighted by Gasteiger charge is 2.26. The monoisotopic (exact) mass is 402 g/mol. The maximum absolute atomic E-state index is 12.8. The standard InChI is InChI=1S/C11H13NO3.C10H10FNO2/c1-15-10-5-4-8(11(13)14)9(12-10)6-7-2-3-7;11-9-4-3-7(10(13)14)8(12-9)5-6-1-2-6/h4-5,7H,2-3,6H2,1H3,(H,13,14);3-4,6H,1-2,5H2,(H,13,14). The van der Waals surface area contributed by atoms with Crippen LogP contribution in [0, 0.1) is 17.8 Å². The third-order valence-electron chi connectivity index (χ3n) is 4.92. The lowest BCUT2D eigenvalue weighted by Crippen LogP contribution is -2.06. The van der Waals surface area contributed by atoms with E-state index in [0.29, 0.717) is 41.1 Å². The number of pyridine rings is 2. The molecule has 2 N–H and O–H groups in total. The number of carbonyl (C=O) groups is 2. The number of methoxy groups -OCH3 is 1. The lowest BCUT2D eigenvalue weighted by atomic mass is 10.1. The second-order valence-electron chi connectivity index (χ2n) is 7.38. The molecule has 7 nitrogen and oxygen atoms in total. The van der Waals surface area contributed by atoms with Crippen LogP contribution in [0.3, 0.4) is 0 Å². The van der Waals surface area contributed by atoms with Gasteiger partial charge in [-0.2, -0.15) is 4.39 Å². The van der Waals surface area contributed by atoms with Crippen molar-refractivity contribution in [3.8, 4) is 5.88 Å². The fraction of sp³-hybridized carbons (Fsp3) is 0.429. The topological polar surface area (TPSA) is 110 Å². The van der Waals surface area contributed by atoms with Gasteiger partial charge in [-0.15, -0.1) is 0 Å². The van der Waals surface area contributed by atoms with Gasteiger partial charge >= 0.3 is 11.9 Å². The van der Waals surface area contributed by atoms with Crippen LogP contribution in [0.2, 0.25) is 0 Å². The molecule has 0 saturated heterocycles. The van der Waals surface area contributed by atoms with Crippen molar-refractivity contribution in [2.24, 2.45) is 11.8 Å². The van der Waals surface area contributed by atoms with Crippen molar-refractivity contribution in [3.63, 3.8) is 0 Å². The van der Waals surface area contributed by atoms with Crippen LogP contribution >= 0.6 is 0 Å². The maximum atomic E-state index is 12.8. The normalized spacial score (nSPS) is 15.2. The molecule has 154 valence electrons. The molecule has 29 heavy (non-hydrogen) atoms. The predicted octanol–water partition coefficient (Wildman–Crippen LogP) is 3.61. The molecule has 2 aromatic heterocycles. The van der Waals surface area contributed by atoms with Gasteiger partial charge in [-0.05, 0) is 68.6 Å². The smallest absolute Gasteiger partial charge is 0.337 e. The summed E-state index contributed by atoms with van der Waals surface area (Å²) in [5.74, 6) is -0.958. The molecule has 0 unspecified atom stereocenters. The second kappa shape index (κ2) is 8.98. The van der Waals surface area contributed by atoms with E-state index in [4.69, 9.17) is 14.9 Å². The summed E-state index contributed by atoms with van der Waals surface area (Å²) in [5.41, 5.74) is 1.44. The van der Waals surface area contributed by atoms with Crippen LogP contribution in [0.4, 0.5) is 4.39 Å². The van der Waals surface area contributed by atoms with E-state index in [1.54, 1.807) is 12.1 Å². The lowest BCUT2D eigenvalue weighted by Gasteiger charge is -2.06. The molecule has 2 aliphatic carbocycles. The van der Waals surface area contributed by atoms with Crippen molar-refractivity contribution >= 4 is 11.9 Å². The van der Waals surface area contributed by atoms with E-state index in [1.807, 2.05) is 0 Å². The second-order valence-corrected chi connectivity index (χ2v) is 7.38. The molecule has 4 rings (SSSR count). The van der Waals surface area contributed by atoms with E-state index in [2.05, 4.69) is 9.97 Å². The van der Waals surface area contributed by atoms with Crippen molar-refractivity contribution in [1.82, 2.24) is 9.97 Å². The first-order chi connectivity index (χ1) is 13.9. The number of halogens is 1. The van der Waals surface area contributed by atoms with Gasteiger partial charge in [-0.25, -0.2) is 19.6 Å². The molecular formula is C21H23FN2O5. The van der Waals surface area contributed by atoms with Gasteiger partial charge in [0.05, 0.1) is 29.6 Å². The van der Waals surface area contributed by atoms with Gasteiger partial charge in [0.1, 0.15) is 0 Å². The number of rotatable bonds is 7. The Morgan fingerprint density at radius 3 is 1.86 bits per heavy atom. The van der Waals surface area contributed by atoms with E-state index in [0.717, 1.165) is 25.3 Å². The lowest BCUT2D eigenvalue weighted by molar-refractivity contribution is 0.0684. The molecule has 0 atom stereocenters. The van der Waals surface area contributed by atoms with Gasteiger partial charge in [0.15, 0.2) is 0 Å². The van der Waals surface area contributed by atoms with Crippen LogP contribution < -0.4 is 4.74 Å². The van der Waals surface area contributed by atoms with Crippen LogP contribution in [0.15, 0.2) is 24.3 Å². The first kappa shape index (κ1) is 20.7. The van der Waals surface area contributed by atoms with Crippen molar-refractivity contribution < 1.29 is 28.9 Å². The molecular weight excluding hydrogens is 379 g/mol. The van der Waals surface area contributed by atoms with Crippen molar-refractivity contribution in [2.75, 3.05) is 7.11 Å². The van der Waals surface area contributed by atoms with Crippen LogP contribution in [-0.4, -0.2) is 39.2 Å². The molecule has 0 aliphatic heterocycles. The summed E-state index contributed by atoms with van der Waals surface area (Å²) in [6.07, 6.45) is 5.88. The summed E-state index contributed by atoms with van der Waals surface area (Å²) < 4.78 is 17.8. The molecule has 0 amide bonds. The summed E-state index contributed by atoms with van der Waals surface area (Å²) in [5, 5.41) is 17.8. The highest BCUT2D eigenvalue weighted by atomic mass is 19.1. The number of aromatic nitrogens is 2.